The highest BCUT2D eigenvalue weighted by atomic mass is 16.5. The Labute approximate surface area is 134 Å². The predicted molar refractivity (Wildman–Crippen MR) is 91.8 cm³/mol. The largest absolute Gasteiger partial charge is 0.497 e. The molecular formula is C17H29N3O2. The molecular weight excluding hydrogens is 278 g/mol. The van der Waals surface area contributed by atoms with E-state index in [1.54, 1.807) is 14.2 Å². The molecule has 124 valence electrons. The fourth-order valence-corrected chi connectivity index (χ4v) is 2.04. The number of hydrogen-bond donors (Lipinski definition) is 2. The number of nitrogens with one attached hydrogen (secondary N) is 2. The Morgan fingerprint density at radius 3 is 2.36 bits per heavy atom. The number of methoxy groups -OCH3 is 1. The van der Waals surface area contributed by atoms with Crippen molar-refractivity contribution in [2.45, 2.75) is 26.2 Å². The van der Waals surface area contributed by atoms with E-state index in [1.807, 2.05) is 19.1 Å². The molecule has 0 aliphatic carbocycles. The van der Waals surface area contributed by atoms with Crippen LogP contribution in [-0.4, -0.2) is 46.4 Å². The molecule has 0 radical (unpaired) electrons. The van der Waals surface area contributed by atoms with Crippen LogP contribution in [0.4, 0.5) is 0 Å². The lowest BCUT2D eigenvalue weighted by Crippen LogP contribution is -2.38. The van der Waals surface area contributed by atoms with Crippen molar-refractivity contribution in [1.29, 1.82) is 0 Å². The molecule has 5 heteroatoms. The van der Waals surface area contributed by atoms with Gasteiger partial charge in [-0.25, -0.2) is 0 Å². The van der Waals surface area contributed by atoms with Gasteiger partial charge in [0.15, 0.2) is 5.96 Å². The first kappa shape index (κ1) is 18.3. The van der Waals surface area contributed by atoms with E-state index in [0.29, 0.717) is 0 Å². The van der Waals surface area contributed by atoms with Gasteiger partial charge in [0, 0.05) is 33.4 Å². The van der Waals surface area contributed by atoms with Crippen LogP contribution in [0.25, 0.3) is 0 Å². The van der Waals surface area contributed by atoms with Gasteiger partial charge in [-0.2, -0.15) is 0 Å². The zero-order chi connectivity index (χ0) is 16.0. The zero-order valence-corrected chi connectivity index (χ0v) is 14.0. The van der Waals surface area contributed by atoms with Crippen molar-refractivity contribution in [2.24, 2.45) is 4.99 Å². The minimum atomic E-state index is 0.776. The molecule has 0 fully saturated rings. The van der Waals surface area contributed by atoms with Gasteiger partial charge in [0.25, 0.3) is 0 Å². The van der Waals surface area contributed by atoms with Gasteiger partial charge in [-0.05, 0) is 43.9 Å². The fraction of sp³-hybridized carbons (Fsp3) is 0.588. The van der Waals surface area contributed by atoms with Crippen LogP contribution in [0.15, 0.2) is 29.3 Å². The summed E-state index contributed by atoms with van der Waals surface area (Å²) >= 11 is 0. The number of ether oxygens (including phenoxy) is 2. The van der Waals surface area contributed by atoms with Crippen LogP contribution in [0.2, 0.25) is 0 Å². The Balaban J connectivity index is 2.13. The predicted octanol–water partition coefficient (Wildman–Crippen LogP) is 2.22. The lowest BCUT2D eigenvalue weighted by atomic mass is 10.1. The fourth-order valence-electron chi connectivity index (χ4n) is 2.04. The lowest BCUT2D eigenvalue weighted by molar-refractivity contribution is 0.145. The highest BCUT2D eigenvalue weighted by molar-refractivity contribution is 5.79. The standard InChI is InChI=1S/C17H29N3O2/c1-4-22-14-6-13-20-17(18-2)19-12-5-7-15-8-10-16(21-3)11-9-15/h8-11H,4-7,12-14H2,1-3H3,(H2,18,19,20). The molecule has 1 rings (SSSR count). The first-order chi connectivity index (χ1) is 10.8. The molecule has 0 atom stereocenters. The quantitative estimate of drug-likeness (QED) is 0.395. The van der Waals surface area contributed by atoms with Crippen molar-refractivity contribution >= 4 is 5.96 Å². The molecule has 0 bridgehead atoms. The number of nitrogens with zero attached hydrogens (tertiary/aromatic N) is 1. The van der Waals surface area contributed by atoms with E-state index in [2.05, 4.69) is 27.8 Å². The maximum Gasteiger partial charge on any atom is 0.190 e. The second-order valence-corrected chi connectivity index (χ2v) is 4.93. The first-order valence-corrected chi connectivity index (χ1v) is 7.95. The summed E-state index contributed by atoms with van der Waals surface area (Å²) in [5.41, 5.74) is 1.32. The van der Waals surface area contributed by atoms with E-state index >= 15 is 0 Å². The van der Waals surface area contributed by atoms with Gasteiger partial charge < -0.3 is 20.1 Å². The molecule has 0 amide bonds. The van der Waals surface area contributed by atoms with E-state index in [-0.39, 0.29) is 0 Å². The molecule has 1 aromatic rings. The Bertz CT molecular complexity index is 418. The Morgan fingerprint density at radius 2 is 1.77 bits per heavy atom. The van der Waals surface area contributed by atoms with Crippen LogP contribution in [-0.2, 0) is 11.2 Å². The van der Waals surface area contributed by atoms with Crippen LogP contribution >= 0.6 is 0 Å². The summed E-state index contributed by atoms with van der Waals surface area (Å²) in [6.45, 7) is 5.35. The normalized spacial score (nSPS) is 11.3. The van der Waals surface area contributed by atoms with E-state index in [1.165, 1.54) is 5.56 Å². The van der Waals surface area contributed by atoms with E-state index in [9.17, 15) is 0 Å². The minimum absolute atomic E-state index is 0.776. The van der Waals surface area contributed by atoms with Gasteiger partial charge in [-0.15, -0.1) is 0 Å². The Morgan fingerprint density at radius 1 is 1.09 bits per heavy atom. The molecule has 0 aliphatic heterocycles. The minimum Gasteiger partial charge on any atom is -0.497 e. The maximum atomic E-state index is 5.30. The van der Waals surface area contributed by atoms with Gasteiger partial charge in [-0.3, -0.25) is 4.99 Å². The third kappa shape index (κ3) is 7.88. The van der Waals surface area contributed by atoms with Crippen LogP contribution in [0.5, 0.6) is 5.75 Å². The van der Waals surface area contributed by atoms with Crippen LogP contribution in [0.3, 0.4) is 0 Å². The topological polar surface area (TPSA) is 54.9 Å². The molecule has 22 heavy (non-hydrogen) atoms. The summed E-state index contributed by atoms with van der Waals surface area (Å²) in [4.78, 5) is 4.21. The maximum absolute atomic E-state index is 5.30. The van der Waals surface area contributed by atoms with E-state index in [0.717, 1.165) is 57.3 Å². The highest BCUT2D eigenvalue weighted by Gasteiger charge is 1.98. The summed E-state index contributed by atoms with van der Waals surface area (Å²) in [7, 11) is 3.48. The molecule has 5 nitrogen and oxygen atoms in total. The smallest absolute Gasteiger partial charge is 0.190 e. The zero-order valence-electron chi connectivity index (χ0n) is 14.0. The molecule has 0 saturated heterocycles. The second kappa shape index (κ2) is 11.9. The number of rotatable bonds is 10. The molecule has 1 aromatic carbocycles. The molecule has 0 heterocycles. The van der Waals surface area contributed by atoms with Crippen LogP contribution in [0.1, 0.15) is 25.3 Å². The molecule has 0 unspecified atom stereocenters. The number of guanidine groups is 1. The van der Waals surface area contributed by atoms with Crippen molar-refractivity contribution in [3.8, 4) is 5.75 Å². The number of aliphatic imine (C=N–C) groups is 1. The van der Waals surface area contributed by atoms with Gasteiger partial charge in [0.05, 0.1) is 7.11 Å². The SMILES string of the molecule is CCOCCCNC(=NC)NCCCc1ccc(OC)cc1. The number of aryl methyl sites for hydroxylation is 1. The summed E-state index contributed by atoms with van der Waals surface area (Å²) in [5.74, 6) is 1.75. The van der Waals surface area contributed by atoms with Gasteiger partial charge in [-0.1, -0.05) is 12.1 Å². The van der Waals surface area contributed by atoms with Crippen molar-refractivity contribution in [2.75, 3.05) is 40.5 Å². The summed E-state index contributed by atoms with van der Waals surface area (Å²) < 4.78 is 10.5. The average molecular weight is 307 g/mol. The van der Waals surface area contributed by atoms with Crippen LogP contribution < -0.4 is 15.4 Å². The van der Waals surface area contributed by atoms with Crippen molar-refractivity contribution < 1.29 is 9.47 Å². The average Bonchev–Trinajstić information content (AvgIpc) is 2.57. The molecule has 0 aliphatic rings. The van der Waals surface area contributed by atoms with Crippen molar-refractivity contribution in [3.63, 3.8) is 0 Å². The molecule has 0 aromatic heterocycles. The second-order valence-electron chi connectivity index (χ2n) is 4.93. The monoisotopic (exact) mass is 307 g/mol. The Hall–Kier alpha value is -1.75. The van der Waals surface area contributed by atoms with E-state index in [4.69, 9.17) is 9.47 Å². The van der Waals surface area contributed by atoms with Gasteiger partial charge in [0.2, 0.25) is 0 Å². The molecule has 0 saturated carbocycles. The van der Waals surface area contributed by atoms with Gasteiger partial charge >= 0.3 is 0 Å². The summed E-state index contributed by atoms with van der Waals surface area (Å²) in [5, 5.41) is 6.61. The highest BCUT2D eigenvalue weighted by Crippen LogP contribution is 2.12. The Kier molecular flexibility index (Phi) is 9.87. The molecule has 2 N–H and O–H groups in total. The first-order valence-electron chi connectivity index (χ1n) is 7.95. The molecule has 0 spiro atoms. The van der Waals surface area contributed by atoms with E-state index < -0.39 is 0 Å². The third-order valence-corrected chi connectivity index (χ3v) is 3.28. The van der Waals surface area contributed by atoms with Gasteiger partial charge in [0.1, 0.15) is 5.75 Å². The summed E-state index contributed by atoms with van der Waals surface area (Å²) in [6, 6.07) is 8.22. The van der Waals surface area contributed by atoms with Crippen molar-refractivity contribution in [1.82, 2.24) is 10.6 Å². The lowest BCUT2D eigenvalue weighted by Gasteiger charge is -2.12. The van der Waals surface area contributed by atoms with Crippen molar-refractivity contribution in [3.05, 3.63) is 29.8 Å². The number of benzene rings is 1. The number of hydrogen-bond acceptors (Lipinski definition) is 3. The summed E-state index contributed by atoms with van der Waals surface area (Å²) in [6.07, 6.45) is 3.09. The third-order valence-electron chi connectivity index (χ3n) is 3.28. The van der Waals surface area contributed by atoms with Crippen LogP contribution in [0, 0.1) is 0 Å².